The van der Waals surface area contributed by atoms with Crippen LogP contribution in [-0.2, 0) is 0 Å². The average Bonchev–Trinajstić information content (AvgIpc) is 2.60. The predicted molar refractivity (Wildman–Crippen MR) is 50.7 cm³/mol. The molecule has 1 aliphatic carbocycles. The number of rotatable bonds is 1. The molecule has 0 amide bonds. The van der Waals surface area contributed by atoms with Gasteiger partial charge in [0.1, 0.15) is 0 Å². The fourth-order valence-electron chi connectivity index (χ4n) is 2.38. The maximum atomic E-state index is 9.45. The van der Waals surface area contributed by atoms with E-state index in [1.54, 1.807) is 0 Å². The molecule has 1 heterocycles. The molecule has 0 saturated heterocycles. The lowest BCUT2D eigenvalue weighted by molar-refractivity contribution is 0.181. The second kappa shape index (κ2) is 3.14. The Hall–Kier alpha value is -0.830. The lowest BCUT2D eigenvalue weighted by atomic mass is 9.96. The van der Waals surface area contributed by atoms with Crippen LogP contribution in [0.15, 0.2) is 0 Å². The molecule has 1 aromatic rings. The molecule has 1 aromatic heterocycles. The minimum Gasteiger partial charge on any atom is -0.393 e. The third kappa shape index (κ3) is 1.48. The molecule has 0 radical (unpaired) electrons. The van der Waals surface area contributed by atoms with Gasteiger partial charge in [0.2, 0.25) is 0 Å². The van der Waals surface area contributed by atoms with Gasteiger partial charge in [-0.2, -0.15) is 5.10 Å². The Morgan fingerprint density at radius 3 is 2.62 bits per heavy atom. The van der Waals surface area contributed by atoms with E-state index in [-0.39, 0.29) is 6.10 Å². The van der Waals surface area contributed by atoms with Crippen molar-refractivity contribution in [1.29, 1.82) is 0 Å². The largest absolute Gasteiger partial charge is 0.393 e. The van der Waals surface area contributed by atoms with Crippen molar-refractivity contribution in [2.75, 3.05) is 0 Å². The van der Waals surface area contributed by atoms with Crippen LogP contribution in [0, 0.1) is 13.8 Å². The molecule has 0 aliphatic heterocycles. The highest BCUT2D eigenvalue weighted by molar-refractivity contribution is 5.28. The van der Waals surface area contributed by atoms with Crippen LogP contribution >= 0.6 is 0 Å². The van der Waals surface area contributed by atoms with E-state index in [0.29, 0.717) is 5.92 Å². The quantitative estimate of drug-likeness (QED) is 0.690. The molecule has 0 spiro atoms. The normalized spacial score (nSPS) is 28.2. The Morgan fingerprint density at radius 1 is 1.38 bits per heavy atom. The van der Waals surface area contributed by atoms with Crippen molar-refractivity contribution in [2.45, 2.75) is 45.1 Å². The number of aryl methyl sites for hydroxylation is 2. The molecule has 13 heavy (non-hydrogen) atoms. The molecule has 2 atom stereocenters. The van der Waals surface area contributed by atoms with Crippen molar-refractivity contribution in [1.82, 2.24) is 10.2 Å². The monoisotopic (exact) mass is 180 g/mol. The molecule has 1 aliphatic rings. The SMILES string of the molecule is Cc1n[nH]c(C)c1[C@H]1CC[C@@H](O)C1. The van der Waals surface area contributed by atoms with Crippen LogP contribution in [0.25, 0.3) is 0 Å². The van der Waals surface area contributed by atoms with E-state index in [1.165, 1.54) is 5.56 Å². The average molecular weight is 180 g/mol. The maximum absolute atomic E-state index is 9.45. The van der Waals surface area contributed by atoms with Crippen LogP contribution < -0.4 is 0 Å². The summed E-state index contributed by atoms with van der Waals surface area (Å²) in [6, 6.07) is 0. The van der Waals surface area contributed by atoms with E-state index in [1.807, 2.05) is 6.92 Å². The molecular weight excluding hydrogens is 164 g/mol. The maximum Gasteiger partial charge on any atom is 0.0628 e. The summed E-state index contributed by atoms with van der Waals surface area (Å²) in [6.07, 6.45) is 2.84. The number of aliphatic hydroxyl groups is 1. The van der Waals surface area contributed by atoms with Crippen LogP contribution in [0.3, 0.4) is 0 Å². The van der Waals surface area contributed by atoms with Gasteiger partial charge in [-0.15, -0.1) is 0 Å². The number of aliphatic hydroxyl groups excluding tert-OH is 1. The summed E-state index contributed by atoms with van der Waals surface area (Å²) in [7, 11) is 0. The van der Waals surface area contributed by atoms with Gasteiger partial charge in [0.15, 0.2) is 0 Å². The van der Waals surface area contributed by atoms with Crippen LogP contribution in [0.2, 0.25) is 0 Å². The van der Waals surface area contributed by atoms with Gasteiger partial charge in [0.25, 0.3) is 0 Å². The van der Waals surface area contributed by atoms with Crippen molar-refractivity contribution in [3.8, 4) is 0 Å². The fourth-order valence-corrected chi connectivity index (χ4v) is 2.38. The van der Waals surface area contributed by atoms with Gasteiger partial charge >= 0.3 is 0 Å². The van der Waals surface area contributed by atoms with E-state index < -0.39 is 0 Å². The summed E-state index contributed by atoms with van der Waals surface area (Å²) in [5, 5.41) is 16.6. The van der Waals surface area contributed by atoms with Crippen molar-refractivity contribution in [2.24, 2.45) is 0 Å². The van der Waals surface area contributed by atoms with Crippen molar-refractivity contribution in [3.63, 3.8) is 0 Å². The Labute approximate surface area is 78.2 Å². The summed E-state index contributed by atoms with van der Waals surface area (Å²) in [4.78, 5) is 0. The van der Waals surface area contributed by atoms with E-state index in [9.17, 15) is 5.11 Å². The zero-order chi connectivity index (χ0) is 9.42. The van der Waals surface area contributed by atoms with Crippen molar-refractivity contribution >= 4 is 0 Å². The van der Waals surface area contributed by atoms with E-state index in [2.05, 4.69) is 17.1 Å². The molecule has 2 N–H and O–H groups in total. The van der Waals surface area contributed by atoms with Gasteiger partial charge in [0, 0.05) is 5.69 Å². The number of hydrogen-bond donors (Lipinski definition) is 2. The summed E-state index contributed by atoms with van der Waals surface area (Å²) in [6.45, 7) is 4.09. The zero-order valence-electron chi connectivity index (χ0n) is 8.17. The second-order valence-electron chi connectivity index (χ2n) is 4.01. The van der Waals surface area contributed by atoms with Gasteiger partial charge in [0.05, 0.1) is 11.8 Å². The summed E-state index contributed by atoms with van der Waals surface area (Å²) in [5.41, 5.74) is 3.59. The lowest BCUT2D eigenvalue weighted by Gasteiger charge is -2.09. The Morgan fingerprint density at radius 2 is 2.15 bits per heavy atom. The number of H-pyrrole nitrogens is 1. The minimum atomic E-state index is -0.0984. The first-order valence-electron chi connectivity index (χ1n) is 4.88. The summed E-state index contributed by atoms with van der Waals surface area (Å²) in [5.74, 6) is 0.522. The molecule has 3 heteroatoms. The number of aromatic amines is 1. The first-order valence-corrected chi connectivity index (χ1v) is 4.88. The first-order chi connectivity index (χ1) is 6.18. The third-order valence-corrected chi connectivity index (χ3v) is 3.00. The predicted octanol–water partition coefficient (Wildman–Crippen LogP) is 1.65. The smallest absolute Gasteiger partial charge is 0.0628 e. The number of nitrogens with zero attached hydrogens (tertiary/aromatic N) is 1. The van der Waals surface area contributed by atoms with Gasteiger partial charge in [-0.25, -0.2) is 0 Å². The Kier molecular flexibility index (Phi) is 2.12. The minimum absolute atomic E-state index is 0.0984. The van der Waals surface area contributed by atoms with Crippen molar-refractivity contribution in [3.05, 3.63) is 17.0 Å². The van der Waals surface area contributed by atoms with Crippen LogP contribution in [0.5, 0.6) is 0 Å². The first kappa shape index (κ1) is 8.75. The van der Waals surface area contributed by atoms with Crippen molar-refractivity contribution < 1.29 is 5.11 Å². The van der Waals surface area contributed by atoms with Gasteiger partial charge in [-0.3, -0.25) is 5.10 Å². The molecule has 1 fully saturated rings. The van der Waals surface area contributed by atoms with Gasteiger partial charge in [-0.05, 0) is 44.6 Å². The highest BCUT2D eigenvalue weighted by Gasteiger charge is 2.27. The third-order valence-electron chi connectivity index (χ3n) is 3.00. The molecule has 3 nitrogen and oxygen atoms in total. The van der Waals surface area contributed by atoms with E-state index in [0.717, 1.165) is 30.7 Å². The topological polar surface area (TPSA) is 48.9 Å². The lowest BCUT2D eigenvalue weighted by Crippen LogP contribution is -2.00. The summed E-state index contributed by atoms with van der Waals surface area (Å²) < 4.78 is 0. The molecule has 0 aromatic carbocycles. The second-order valence-corrected chi connectivity index (χ2v) is 4.01. The molecule has 0 bridgehead atoms. The van der Waals surface area contributed by atoms with E-state index in [4.69, 9.17) is 0 Å². The van der Waals surface area contributed by atoms with Gasteiger partial charge in [-0.1, -0.05) is 0 Å². The molecule has 2 rings (SSSR count). The van der Waals surface area contributed by atoms with Crippen LogP contribution in [0.4, 0.5) is 0 Å². The number of nitrogens with one attached hydrogen (secondary N) is 1. The summed E-state index contributed by atoms with van der Waals surface area (Å²) >= 11 is 0. The molecule has 72 valence electrons. The van der Waals surface area contributed by atoms with E-state index >= 15 is 0 Å². The highest BCUT2D eigenvalue weighted by Crippen LogP contribution is 2.36. The fraction of sp³-hybridized carbons (Fsp3) is 0.700. The zero-order valence-corrected chi connectivity index (χ0v) is 8.17. The Bertz CT molecular complexity index is 286. The number of aromatic nitrogens is 2. The molecule has 0 unspecified atom stereocenters. The highest BCUT2D eigenvalue weighted by atomic mass is 16.3. The van der Waals surface area contributed by atoms with Crippen LogP contribution in [-0.4, -0.2) is 21.4 Å². The van der Waals surface area contributed by atoms with Gasteiger partial charge < -0.3 is 5.11 Å². The molecule has 1 saturated carbocycles. The van der Waals surface area contributed by atoms with Crippen LogP contribution in [0.1, 0.15) is 42.1 Å². The molecular formula is C10H16N2O. The number of hydrogen-bond acceptors (Lipinski definition) is 2. The Balaban J connectivity index is 2.25. The standard InChI is InChI=1S/C10H16N2O/c1-6-10(7(2)12-11-6)8-3-4-9(13)5-8/h8-9,13H,3-5H2,1-2H3,(H,11,12)/t8-,9+/m0/s1.